The van der Waals surface area contributed by atoms with E-state index in [-0.39, 0.29) is 17.0 Å². The van der Waals surface area contributed by atoms with Crippen LogP contribution in [0.2, 0.25) is 0 Å². The first kappa shape index (κ1) is 14.2. The molecule has 7 nitrogen and oxygen atoms in total. The van der Waals surface area contributed by atoms with Crippen LogP contribution >= 0.6 is 0 Å². The number of hydrogen-bond acceptors (Lipinski definition) is 6. The highest BCUT2D eigenvalue weighted by atomic mass is 32.2. The van der Waals surface area contributed by atoms with Crippen LogP contribution in [0.3, 0.4) is 0 Å². The maximum atomic E-state index is 12.2. The minimum atomic E-state index is -3.57. The number of sulfonamides is 1. The van der Waals surface area contributed by atoms with Gasteiger partial charge in [0.1, 0.15) is 10.7 Å². The lowest BCUT2D eigenvalue weighted by Gasteiger charge is -2.19. The quantitative estimate of drug-likeness (QED) is 0.528. The van der Waals surface area contributed by atoms with Gasteiger partial charge in [0.2, 0.25) is 10.0 Å². The molecule has 2 rings (SSSR count). The minimum absolute atomic E-state index is 0.0623. The molecule has 0 bridgehead atoms. The molecule has 1 heterocycles. The van der Waals surface area contributed by atoms with Gasteiger partial charge in [0.05, 0.1) is 6.10 Å². The van der Waals surface area contributed by atoms with Gasteiger partial charge in [-0.25, -0.2) is 24.0 Å². The van der Waals surface area contributed by atoms with Crippen LogP contribution in [0.4, 0.5) is 5.82 Å². The SMILES string of the molecule is COC1CCCC1NS(=O)(=O)c1ccc(NN)nc1. The van der Waals surface area contributed by atoms with Crippen molar-refractivity contribution in [3.63, 3.8) is 0 Å². The summed E-state index contributed by atoms with van der Waals surface area (Å²) in [4.78, 5) is 4.01. The van der Waals surface area contributed by atoms with Gasteiger partial charge in [-0.1, -0.05) is 0 Å². The summed E-state index contributed by atoms with van der Waals surface area (Å²) in [6, 6.07) is 2.79. The van der Waals surface area contributed by atoms with Gasteiger partial charge in [0.15, 0.2) is 0 Å². The van der Waals surface area contributed by atoms with E-state index in [0.717, 1.165) is 19.3 Å². The number of nitrogens with zero attached hydrogens (tertiary/aromatic N) is 1. The van der Waals surface area contributed by atoms with Crippen molar-refractivity contribution in [2.75, 3.05) is 12.5 Å². The van der Waals surface area contributed by atoms with Gasteiger partial charge >= 0.3 is 0 Å². The van der Waals surface area contributed by atoms with Crippen molar-refractivity contribution in [1.82, 2.24) is 9.71 Å². The van der Waals surface area contributed by atoms with Crippen LogP contribution in [0.1, 0.15) is 19.3 Å². The van der Waals surface area contributed by atoms with Crippen molar-refractivity contribution in [1.29, 1.82) is 0 Å². The first-order chi connectivity index (χ1) is 9.06. The summed E-state index contributed by atoms with van der Waals surface area (Å²) in [5.74, 6) is 5.59. The molecule has 1 aliphatic rings. The van der Waals surface area contributed by atoms with E-state index < -0.39 is 10.0 Å². The molecule has 0 aromatic carbocycles. The molecule has 8 heteroatoms. The molecular formula is C11H18N4O3S. The van der Waals surface area contributed by atoms with Gasteiger partial charge in [0.25, 0.3) is 0 Å². The van der Waals surface area contributed by atoms with E-state index >= 15 is 0 Å². The highest BCUT2D eigenvalue weighted by Crippen LogP contribution is 2.23. The number of pyridine rings is 1. The average molecular weight is 286 g/mol. The van der Waals surface area contributed by atoms with Gasteiger partial charge in [0, 0.05) is 19.3 Å². The molecule has 19 heavy (non-hydrogen) atoms. The lowest BCUT2D eigenvalue weighted by Crippen LogP contribution is -2.40. The summed E-state index contributed by atoms with van der Waals surface area (Å²) >= 11 is 0. The maximum Gasteiger partial charge on any atom is 0.242 e. The number of nitrogens with two attached hydrogens (primary N) is 1. The lowest BCUT2D eigenvalue weighted by atomic mass is 10.2. The normalized spacial score (nSPS) is 23.5. The number of nitrogen functional groups attached to an aromatic ring is 1. The molecule has 1 aromatic heterocycles. The average Bonchev–Trinajstić information content (AvgIpc) is 2.85. The zero-order valence-electron chi connectivity index (χ0n) is 10.7. The number of nitrogens with one attached hydrogen (secondary N) is 2. The van der Waals surface area contributed by atoms with Crippen molar-refractivity contribution < 1.29 is 13.2 Å². The molecule has 0 saturated heterocycles. The van der Waals surface area contributed by atoms with Crippen molar-refractivity contribution in [3.05, 3.63) is 18.3 Å². The zero-order valence-corrected chi connectivity index (χ0v) is 11.5. The van der Waals surface area contributed by atoms with Gasteiger partial charge in [-0.2, -0.15) is 0 Å². The van der Waals surface area contributed by atoms with E-state index in [2.05, 4.69) is 15.1 Å². The van der Waals surface area contributed by atoms with Gasteiger partial charge in [-0.3, -0.25) is 0 Å². The predicted octanol–water partition coefficient (Wildman–Crippen LogP) is 0.213. The van der Waals surface area contributed by atoms with Crippen molar-refractivity contribution in [3.8, 4) is 0 Å². The predicted molar refractivity (Wildman–Crippen MR) is 70.8 cm³/mol. The number of anilines is 1. The smallest absolute Gasteiger partial charge is 0.242 e. The summed E-state index contributed by atoms with van der Waals surface area (Å²) in [5.41, 5.74) is 2.35. The number of ether oxygens (including phenoxy) is 1. The molecular weight excluding hydrogens is 268 g/mol. The fourth-order valence-electron chi connectivity index (χ4n) is 2.23. The highest BCUT2D eigenvalue weighted by molar-refractivity contribution is 7.89. The van der Waals surface area contributed by atoms with E-state index in [0.29, 0.717) is 5.82 Å². The van der Waals surface area contributed by atoms with Gasteiger partial charge < -0.3 is 10.2 Å². The molecule has 1 aliphatic carbocycles. The van der Waals surface area contributed by atoms with Crippen LogP contribution in [0, 0.1) is 0 Å². The number of hydrazine groups is 1. The van der Waals surface area contributed by atoms with Gasteiger partial charge in [-0.05, 0) is 31.4 Å². The molecule has 0 aliphatic heterocycles. The third-order valence-electron chi connectivity index (χ3n) is 3.26. The Morgan fingerprint density at radius 1 is 1.42 bits per heavy atom. The molecule has 4 N–H and O–H groups in total. The number of methoxy groups -OCH3 is 1. The second-order valence-corrected chi connectivity index (χ2v) is 6.17. The Kier molecular flexibility index (Phi) is 4.35. The molecule has 106 valence electrons. The van der Waals surface area contributed by atoms with E-state index in [9.17, 15) is 8.42 Å². The molecule has 1 fully saturated rings. The summed E-state index contributed by atoms with van der Waals surface area (Å²) in [6.07, 6.45) is 3.83. The highest BCUT2D eigenvalue weighted by Gasteiger charge is 2.31. The molecule has 0 radical (unpaired) electrons. The van der Waals surface area contributed by atoms with E-state index in [4.69, 9.17) is 10.6 Å². The molecule has 0 spiro atoms. The molecule has 2 unspecified atom stereocenters. The van der Waals surface area contributed by atoms with Crippen LogP contribution < -0.4 is 16.0 Å². The molecule has 2 atom stereocenters. The maximum absolute atomic E-state index is 12.2. The van der Waals surface area contributed by atoms with E-state index in [1.54, 1.807) is 7.11 Å². The second-order valence-electron chi connectivity index (χ2n) is 4.46. The van der Waals surface area contributed by atoms with Crippen LogP contribution in [0.25, 0.3) is 0 Å². The number of aromatic nitrogens is 1. The first-order valence-electron chi connectivity index (χ1n) is 6.04. The van der Waals surface area contributed by atoms with Crippen LogP contribution in [0.15, 0.2) is 23.2 Å². The lowest BCUT2D eigenvalue weighted by molar-refractivity contribution is 0.0916. The topological polar surface area (TPSA) is 106 Å². The van der Waals surface area contributed by atoms with Crippen molar-refractivity contribution in [2.45, 2.75) is 36.3 Å². The first-order valence-corrected chi connectivity index (χ1v) is 7.53. The molecule has 1 aromatic rings. The summed E-state index contributed by atoms with van der Waals surface area (Å²) < 4.78 is 32.3. The molecule has 1 saturated carbocycles. The monoisotopic (exact) mass is 286 g/mol. The van der Waals surface area contributed by atoms with Gasteiger partial charge in [-0.15, -0.1) is 0 Å². The Bertz CT molecular complexity index is 517. The zero-order chi connectivity index (χ0) is 13.9. The Morgan fingerprint density at radius 3 is 2.79 bits per heavy atom. The molecule has 0 amide bonds. The summed E-state index contributed by atoms with van der Waals surface area (Å²) in [7, 11) is -1.98. The van der Waals surface area contributed by atoms with Crippen LogP contribution in [-0.2, 0) is 14.8 Å². The third kappa shape index (κ3) is 3.21. The van der Waals surface area contributed by atoms with Crippen molar-refractivity contribution in [2.24, 2.45) is 5.84 Å². The standard InChI is InChI=1S/C11H18N4O3S/c1-18-10-4-2-3-9(10)15-19(16,17)8-5-6-11(14-12)13-7-8/h5-7,9-10,15H,2-4,12H2,1H3,(H,13,14). The minimum Gasteiger partial charge on any atom is -0.380 e. The Morgan fingerprint density at radius 2 is 2.21 bits per heavy atom. The third-order valence-corrected chi connectivity index (χ3v) is 4.73. The summed E-state index contributed by atoms with van der Waals surface area (Å²) in [5, 5.41) is 0. The fraction of sp³-hybridized carbons (Fsp3) is 0.545. The van der Waals surface area contributed by atoms with Crippen LogP contribution in [0.5, 0.6) is 0 Å². The largest absolute Gasteiger partial charge is 0.380 e. The Labute approximate surface area is 112 Å². The van der Waals surface area contributed by atoms with E-state index in [1.807, 2.05) is 0 Å². The number of hydrogen-bond donors (Lipinski definition) is 3. The Hall–Kier alpha value is -1.22. The fourth-order valence-corrected chi connectivity index (χ4v) is 3.48. The van der Waals surface area contributed by atoms with E-state index in [1.165, 1.54) is 18.3 Å². The Balaban J connectivity index is 2.13. The second kappa shape index (κ2) is 5.83. The van der Waals surface area contributed by atoms with Crippen LogP contribution in [-0.4, -0.2) is 32.7 Å². The number of rotatable bonds is 5. The van der Waals surface area contributed by atoms with Crippen molar-refractivity contribution >= 4 is 15.8 Å². The summed E-state index contributed by atoms with van der Waals surface area (Å²) in [6.45, 7) is 0.